The third-order valence-corrected chi connectivity index (χ3v) is 5.03. The predicted octanol–water partition coefficient (Wildman–Crippen LogP) is 5.27. The van der Waals surface area contributed by atoms with Crippen molar-refractivity contribution in [2.45, 2.75) is 72.3 Å². The Morgan fingerprint density at radius 1 is 1.06 bits per heavy atom. The van der Waals surface area contributed by atoms with Gasteiger partial charge in [-0.15, -0.1) is 0 Å². The molecule has 0 fully saturated rings. The number of benzene rings is 2. The summed E-state index contributed by atoms with van der Waals surface area (Å²) in [5.74, 6) is -0.128. The van der Waals surface area contributed by atoms with Gasteiger partial charge in [-0.2, -0.15) is 0 Å². The Morgan fingerprint density at radius 3 is 2.38 bits per heavy atom. The highest BCUT2D eigenvalue weighted by atomic mass is 35.5. The number of carbonyl (C=O) groups is 2. The minimum absolute atomic E-state index is 0.0681. The average Bonchev–Trinajstić information content (AvgIpc) is 2.76. The predicted molar refractivity (Wildman–Crippen MR) is 132 cm³/mol. The summed E-state index contributed by atoms with van der Waals surface area (Å²) < 4.78 is 17.0. The van der Waals surface area contributed by atoms with Gasteiger partial charge >= 0.3 is 5.97 Å². The van der Waals surface area contributed by atoms with Crippen molar-refractivity contribution >= 4 is 23.5 Å². The minimum Gasteiger partial charge on any atom is -0.494 e. The summed E-state index contributed by atoms with van der Waals surface area (Å²) in [5.41, 5.74) is 1.83. The number of ether oxygens (including phenoxy) is 3. The van der Waals surface area contributed by atoms with Crippen molar-refractivity contribution in [2.75, 3.05) is 6.61 Å². The molecule has 0 saturated heterocycles. The summed E-state index contributed by atoms with van der Waals surface area (Å²) >= 11 is 6.30. The largest absolute Gasteiger partial charge is 0.494 e. The Kier molecular flexibility index (Phi) is 10.7. The van der Waals surface area contributed by atoms with E-state index in [1.54, 1.807) is 38.1 Å². The molecule has 0 radical (unpaired) electrons. The van der Waals surface area contributed by atoms with E-state index in [0.717, 1.165) is 17.5 Å². The lowest BCUT2D eigenvalue weighted by Gasteiger charge is -2.19. The van der Waals surface area contributed by atoms with Crippen LogP contribution in [0.5, 0.6) is 11.5 Å². The molecular formula is C26H34ClNO6. The van der Waals surface area contributed by atoms with Crippen LogP contribution < -0.4 is 14.8 Å². The Balaban J connectivity index is 2.19. The number of nitrogens with one attached hydrogen (secondary N) is 1. The zero-order chi connectivity index (χ0) is 25.3. The van der Waals surface area contributed by atoms with E-state index in [9.17, 15) is 14.7 Å². The first-order valence-corrected chi connectivity index (χ1v) is 11.9. The van der Waals surface area contributed by atoms with Gasteiger partial charge in [0, 0.05) is 18.5 Å². The van der Waals surface area contributed by atoms with Crippen molar-refractivity contribution in [2.24, 2.45) is 0 Å². The molecule has 2 rings (SSSR count). The van der Waals surface area contributed by atoms with Gasteiger partial charge in [0.05, 0.1) is 29.4 Å². The molecule has 34 heavy (non-hydrogen) atoms. The number of amides is 1. The molecule has 2 aromatic carbocycles. The smallest absolute Gasteiger partial charge is 0.333 e. The fourth-order valence-corrected chi connectivity index (χ4v) is 3.52. The van der Waals surface area contributed by atoms with Crippen LogP contribution in [0.2, 0.25) is 5.02 Å². The van der Waals surface area contributed by atoms with Crippen molar-refractivity contribution in [3.8, 4) is 11.5 Å². The summed E-state index contributed by atoms with van der Waals surface area (Å²) in [6, 6.07) is 10.4. The van der Waals surface area contributed by atoms with Crippen LogP contribution in [0.3, 0.4) is 0 Å². The van der Waals surface area contributed by atoms with E-state index in [2.05, 4.69) is 5.32 Å². The summed E-state index contributed by atoms with van der Waals surface area (Å²) in [4.78, 5) is 24.4. The first-order chi connectivity index (χ1) is 16.1. The molecule has 0 heterocycles. The molecule has 186 valence electrons. The summed E-state index contributed by atoms with van der Waals surface area (Å²) in [6.07, 6.45) is -0.183. The van der Waals surface area contributed by atoms with Gasteiger partial charge < -0.3 is 24.6 Å². The van der Waals surface area contributed by atoms with Crippen LogP contribution in [0, 0.1) is 0 Å². The second kappa shape index (κ2) is 13.2. The monoisotopic (exact) mass is 491 g/mol. The quantitative estimate of drug-likeness (QED) is 0.396. The van der Waals surface area contributed by atoms with E-state index in [1.165, 1.54) is 0 Å². The zero-order valence-corrected chi connectivity index (χ0v) is 21.1. The maximum Gasteiger partial charge on any atom is 0.333 e. The van der Waals surface area contributed by atoms with Gasteiger partial charge in [-0.05, 0) is 63.9 Å². The van der Waals surface area contributed by atoms with E-state index < -0.39 is 12.1 Å². The molecule has 1 unspecified atom stereocenters. The number of hydrogen-bond acceptors (Lipinski definition) is 5. The van der Waals surface area contributed by atoms with Crippen LogP contribution in [-0.4, -0.2) is 41.9 Å². The topological polar surface area (TPSA) is 94.1 Å². The number of hydrogen-bond donors (Lipinski definition) is 2. The van der Waals surface area contributed by atoms with Crippen LogP contribution in [0.4, 0.5) is 0 Å². The van der Waals surface area contributed by atoms with Crippen LogP contribution in [-0.2, 0) is 22.5 Å². The second-order valence-corrected chi connectivity index (χ2v) is 8.90. The number of carbonyl (C=O) groups excluding carboxylic acids is 1. The number of halogens is 1. The van der Waals surface area contributed by atoms with E-state index >= 15 is 0 Å². The fourth-order valence-electron chi connectivity index (χ4n) is 3.26. The zero-order valence-electron chi connectivity index (χ0n) is 20.4. The normalized spacial score (nSPS) is 12.0. The highest BCUT2D eigenvalue weighted by Gasteiger charge is 2.21. The SMILES string of the molecule is CCCOc1ccc(C(=O)NCc2cc(CC(OC(C)C)C(=O)O)ccc2OC(C)C)c(Cl)c1. The molecular weight excluding hydrogens is 458 g/mol. The van der Waals surface area contributed by atoms with E-state index in [-0.39, 0.29) is 31.1 Å². The van der Waals surface area contributed by atoms with Crippen molar-refractivity contribution in [1.29, 1.82) is 0 Å². The highest BCUT2D eigenvalue weighted by molar-refractivity contribution is 6.34. The molecule has 7 nitrogen and oxygen atoms in total. The van der Waals surface area contributed by atoms with Crippen LogP contribution in [0.15, 0.2) is 36.4 Å². The van der Waals surface area contributed by atoms with Gasteiger partial charge in [0.25, 0.3) is 5.91 Å². The second-order valence-electron chi connectivity index (χ2n) is 8.50. The Morgan fingerprint density at radius 2 is 1.79 bits per heavy atom. The molecule has 0 aliphatic rings. The lowest BCUT2D eigenvalue weighted by molar-refractivity contribution is -0.153. The standard InChI is InChI=1S/C26H34ClNO6/c1-6-11-32-20-8-9-21(22(27)14-20)25(29)28-15-19-12-18(7-10-23(19)33-16(2)3)13-24(26(30)31)34-17(4)5/h7-10,12,14,16-17,24H,6,11,13,15H2,1-5H3,(H,28,29)(H,30,31). The minimum atomic E-state index is -1.02. The van der Waals surface area contributed by atoms with Gasteiger partial charge in [-0.1, -0.05) is 30.7 Å². The Labute approximate surface area is 206 Å². The molecule has 1 atom stereocenters. The lowest BCUT2D eigenvalue weighted by Crippen LogP contribution is -2.29. The van der Waals surface area contributed by atoms with Gasteiger partial charge in [-0.25, -0.2) is 4.79 Å². The van der Waals surface area contributed by atoms with Gasteiger partial charge in [-0.3, -0.25) is 4.79 Å². The maximum absolute atomic E-state index is 12.8. The molecule has 0 aliphatic heterocycles. The Bertz CT molecular complexity index is 976. The first kappa shape index (κ1) is 27.5. The molecule has 0 saturated carbocycles. The molecule has 0 aromatic heterocycles. The third kappa shape index (κ3) is 8.54. The molecule has 8 heteroatoms. The van der Waals surface area contributed by atoms with Crippen molar-refractivity contribution in [1.82, 2.24) is 5.32 Å². The maximum atomic E-state index is 12.8. The lowest BCUT2D eigenvalue weighted by atomic mass is 10.0. The van der Waals surface area contributed by atoms with Gasteiger partial charge in [0.1, 0.15) is 11.5 Å². The summed E-state index contributed by atoms with van der Waals surface area (Å²) in [5, 5.41) is 12.7. The molecule has 0 aliphatic carbocycles. The molecule has 0 bridgehead atoms. The number of carboxylic acids is 1. The van der Waals surface area contributed by atoms with Crippen molar-refractivity contribution < 1.29 is 28.9 Å². The molecule has 2 N–H and O–H groups in total. The number of aliphatic carboxylic acids is 1. The van der Waals surface area contributed by atoms with E-state index in [0.29, 0.717) is 28.7 Å². The van der Waals surface area contributed by atoms with Gasteiger partial charge in [0.2, 0.25) is 0 Å². The summed E-state index contributed by atoms with van der Waals surface area (Å²) in [6.45, 7) is 10.2. The average molecular weight is 492 g/mol. The van der Waals surface area contributed by atoms with Crippen LogP contribution in [0.1, 0.15) is 62.5 Å². The van der Waals surface area contributed by atoms with E-state index in [4.69, 9.17) is 25.8 Å². The number of carboxylic acid groups (broad SMARTS) is 1. The fraction of sp³-hybridized carbons (Fsp3) is 0.462. The van der Waals surface area contributed by atoms with Crippen LogP contribution in [0.25, 0.3) is 0 Å². The molecule has 1 amide bonds. The number of rotatable bonds is 13. The Hall–Kier alpha value is -2.77. The first-order valence-electron chi connectivity index (χ1n) is 11.5. The van der Waals surface area contributed by atoms with Crippen molar-refractivity contribution in [3.63, 3.8) is 0 Å². The summed E-state index contributed by atoms with van der Waals surface area (Å²) in [7, 11) is 0. The van der Waals surface area contributed by atoms with Crippen molar-refractivity contribution in [3.05, 3.63) is 58.1 Å². The van der Waals surface area contributed by atoms with Gasteiger partial charge in [0.15, 0.2) is 6.10 Å². The van der Waals surface area contributed by atoms with Crippen LogP contribution >= 0.6 is 11.6 Å². The molecule has 0 spiro atoms. The highest BCUT2D eigenvalue weighted by Crippen LogP contribution is 2.25. The van der Waals surface area contributed by atoms with E-state index in [1.807, 2.05) is 32.9 Å². The molecule has 2 aromatic rings. The third-order valence-electron chi connectivity index (χ3n) is 4.72.